The lowest BCUT2D eigenvalue weighted by Crippen LogP contribution is -2.51. The van der Waals surface area contributed by atoms with E-state index in [0.717, 1.165) is 37.2 Å². The highest BCUT2D eigenvalue weighted by Gasteiger charge is 2.35. The predicted octanol–water partition coefficient (Wildman–Crippen LogP) is 3.59. The summed E-state index contributed by atoms with van der Waals surface area (Å²) in [4.78, 5) is 40.3. The van der Waals surface area contributed by atoms with Gasteiger partial charge in [-0.25, -0.2) is 0 Å². The predicted molar refractivity (Wildman–Crippen MR) is 130 cm³/mol. The number of hydrogen-bond acceptors (Lipinski definition) is 6. The summed E-state index contributed by atoms with van der Waals surface area (Å²) in [5.74, 6) is -1.34. The second-order valence-corrected chi connectivity index (χ2v) is 9.98. The summed E-state index contributed by atoms with van der Waals surface area (Å²) in [5.41, 5.74) is 11.9. The fourth-order valence-corrected chi connectivity index (χ4v) is 5.04. The molecule has 0 spiro atoms. The third-order valence-corrected chi connectivity index (χ3v) is 7.01. The molecular weight excluding hydrogens is 462 g/mol. The van der Waals surface area contributed by atoms with Crippen LogP contribution in [-0.4, -0.2) is 39.1 Å². The zero-order valence-corrected chi connectivity index (χ0v) is 20.4. The maximum Gasteiger partial charge on any atom is 0.270 e. The minimum absolute atomic E-state index is 0.0684. The number of nitrogens with one attached hydrogen (secondary N) is 1. The first-order valence-corrected chi connectivity index (χ1v) is 12.2. The summed E-state index contributed by atoms with van der Waals surface area (Å²) < 4.78 is 3.96. The monoisotopic (exact) mass is 491 g/mol. The number of carbonyl (C=O) groups is 3. The van der Waals surface area contributed by atoms with Gasteiger partial charge in [0.2, 0.25) is 5.91 Å². The van der Waals surface area contributed by atoms with Crippen molar-refractivity contribution < 1.29 is 14.4 Å². The van der Waals surface area contributed by atoms with Crippen molar-refractivity contribution in [3.63, 3.8) is 0 Å². The molecule has 1 saturated carbocycles. The van der Waals surface area contributed by atoms with Gasteiger partial charge in [-0.3, -0.25) is 14.4 Å². The first-order chi connectivity index (χ1) is 15.7. The molecule has 2 aromatic rings. The molecule has 1 aromatic heterocycles. The molecule has 3 rings (SSSR count). The first-order valence-electron chi connectivity index (χ1n) is 11.1. The largest absolute Gasteiger partial charge is 0.395 e. The van der Waals surface area contributed by atoms with Crippen LogP contribution in [0.3, 0.4) is 0 Å². The molecule has 0 saturated heterocycles. The van der Waals surface area contributed by atoms with Gasteiger partial charge in [0.05, 0.1) is 5.69 Å². The Morgan fingerprint density at radius 3 is 2.48 bits per heavy atom. The molecular formula is C23H30ClN5O3S. The van der Waals surface area contributed by atoms with Crippen molar-refractivity contribution in [1.82, 2.24) is 14.6 Å². The van der Waals surface area contributed by atoms with Gasteiger partial charge < -0.3 is 21.7 Å². The SMILES string of the molecule is CC(C)C[C@@H](C(=O)NC1CCCC1)N(Cc1ccccc1Cl)C(=O)c1snc(C(N)=O)c1N. The molecule has 8 nitrogen and oxygen atoms in total. The third-order valence-electron chi connectivity index (χ3n) is 5.79. The van der Waals surface area contributed by atoms with E-state index in [1.165, 1.54) is 4.90 Å². The number of benzene rings is 1. The van der Waals surface area contributed by atoms with Crippen LogP contribution in [0.5, 0.6) is 0 Å². The standard InChI is InChI=1S/C23H30ClN5O3S/c1-13(2)11-17(22(31)27-15-8-4-5-9-15)29(12-14-7-3-6-10-16(14)24)23(32)20-18(25)19(21(26)30)28-33-20/h3,6-7,10,13,15,17H,4-5,8-9,11-12,25H2,1-2H3,(H2,26,30)(H,27,31)/t17-/m0/s1. The van der Waals surface area contributed by atoms with Crippen LogP contribution < -0.4 is 16.8 Å². The Morgan fingerprint density at radius 2 is 1.91 bits per heavy atom. The highest BCUT2D eigenvalue weighted by atomic mass is 35.5. The maximum atomic E-state index is 13.7. The van der Waals surface area contributed by atoms with Gasteiger partial charge in [0.15, 0.2) is 5.69 Å². The number of rotatable bonds is 9. The van der Waals surface area contributed by atoms with Gasteiger partial charge in [-0.1, -0.05) is 56.5 Å². The Labute approximate surface area is 202 Å². The number of nitrogens with zero attached hydrogens (tertiary/aromatic N) is 2. The van der Waals surface area contributed by atoms with Crippen molar-refractivity contribution in [2.75, 3.05) is 5.73 Å². The molecule has 5 N–H and O–H groups in total. The van der Waals surface area contributed by atoms with Crippen molar-refractivity contribution in [3.05, 3.63) is 45.4 Å². The molecule has 33 heavy (non-hydrogen) atoms. The van der Waals surface area contributed by atoms with Crippen molar-refractivity contribution in [3.8, 4) is 0 Å². The third kappa shape index (κ3) is 6.03. The van der Waals surface area contributed by atoms with E-state index in [2.05, 4.69) is 9.69 Å². The minimum Gasteiger partial charge on any atom is -0.395 e. The summed E-state index contributed by atoms with van der Waals surface area (Å²) in [6.07, 6.45) is 4.48. The van der Waals surface area contributed by atoms with Crippen LogP contribution in [0.4, 0.5) is 5.69 Å². The second-order valence-electron chi connectivity index (χ2n) is 8.80. The summed E-state index contributed by atoms with van der Waals surface area (Å²) in [5, 5.41) is 3.62. The van der Waals surface area contributed by atoms with Crippen LogP contribution in [0.25, 0.3) is 0 Å². The molecule has 1 aliphatic carbocycles. The van der Waals surface area contributed by atoms with Crippen LogP contribution in [0.15, 0.2) is 24.3 Å². The molecule has 3 amide bonds. The van der Waals surface area contributed by atoms with E-state index < -0.39 is 17.9 Å². The van der Waals surface area contributed by atoms with Crippen molar-refractivity contribution in [2.45, 2.75) is 64.6 Å². The van der Waals surface area contributed by atoms with Gasteiger partial charge in [-0.2, -0.15) is 4.37 Å². The maximum absolute atomic E-state index is 13.7. The molecule has 1 heterocycles. The number of hydrogen-bond donors (Lipinski definition) is 3. The lowest BCUT2D eigenvalue weighted by Gasteiger charge is -2.33. The van der Waals surface area contributed by atoms with Crippen LogP contribution in [0, 0.1) is 5.92 Å². The van der Waals surface area contributed by atoms with Gasteiger partial charge in [0.1, 0.15) is 10.9 Å². The zero-order chi connectivity index (χ0) is 24.1. The Bertz CT molecular complexity index is 1020. The Balaban J connectivity index is 2.00. The highest BCUT2D eigenvalue weighted by molar-refractivity contribution is 7.09. The fourth-order valence-electron chi connectivity index (χ4n) is 4.08. The average Bonchev–Trinajstić information content (AvgIpc) is 3.40. The van der Waals surface area contributed by atoms with Crippen molar-refractivity contribution in [1.29, 1.82) is 0 Å². The number of amides is 3. The summed E-state index contributed by atoms with van der Waals surface area (Å²) in [6, 6.07) is 6.55. The first kappa shape index (κ1) is 25.0. The summed E-state index contributed by atoms with van der Waals surface area (Å²) in [6.45, 7) is 4.11. The molecule has 1 atom stereocenters. The normalized spacial score (nSPS) is 14.9. The van der Waals surface area contributed by atoms with Crippen LogP contribution >= 0.6 is 23.1 Å². The van der Waals surface area contributed by atoms with Crippen molar-refractivity contribution >= 4 is 46.5 Å². The summed E-state index contributed by atoms with van der Waals surface area (Å²) >= 11 is 7.19. The van der Waals surface area contributed by atoms with Crippen LogP contribution in [-0.2, 0) is 11.3 Å². The Hall–Kier alpha value is -2.65. The van der Waals surface area contributed by atoms with Gasteiger partial charge in [-0.05, 0) is 48.3 Å². The molecule has 0 unspecified atom stereocenters. The number of primary amides is 1. The molecule has 0 bridgehead atoms. The lowest BCUT2D eigenvalue weighted by molar-refractivity contribution is -0.127. The molecule has 178 valence electrons. The fraction of sp³-hybridized carbons (Fsp3) is 0.478. The topological polar surface area (TPSA) is 131 Å². The van der Waals surface area contributed by atoms with Crippen molar-refractivity contribution in [2.24, 2.45) is 11.7 Å². The van der Waals surface area contributed by atoms with Gasteiger partial charge in [-0.15, -0.1) is 0 Å². The number of carbonyl (C=O) groups excluding carboxylic acids is 3. The number of nitrogens with two attached hydrogens (primary N) is 2. The number of halogens is 1. The Morgan fingerprint density at radius 1 is 1.24 bits per heavy atom. The van der Waals surface area contributed by atoms with Gasteiger partial charge >= 0.3 is 0 Å². The van der Waals surface area contributed by atoms with Crippen LogP contribution in [0.2, 0.25) is 5.02 Å². The van der Waals surface area contributed by atoms with E-state index in [1.54, 1.807) is 12.1 Å². The second kappa shape index (κ2) is 11.0. The van der Waals surface area contributed by atoms with E-state index in [4.69, 9.17) is 23.1 Å². The molecule has 1 aromatic carbocycles. The van der Waals surface area contributed by atoms with Gasteiger partial charge in [0.25, 0.3) is 11.8 Å². The molecule has 1 fully saturated rings. The average molecular weight is 492 g/mol. The van der Waals surface area contributed by atoms with E-state index in [1.807, 2.05) is 26.0 Å². The quantitative estimate of drug-likeness (QED) is 0.493. The smallest absolute Gasteiger partial charge is 0.270 e. The Kier molecular flexibility index (Phi) is 8.31. The highest BCUT2D eigenvalue weighted by Crippen LogP contribution is 2.28. The number of anilines is 1. The summed E-state index contributed by atoms with van der Waals surface area (Å²) in [7, 11) is 0. The number of aromatic nitrogens is 1. The molecule has 0 radical (unpaired) electrons. The van der Waals surface area contributed by atoms with Gasteiger partial charge in [0, 0.05) is 17.6 Å². The van der Waals surface area contributed by atoms with E-state index >= 15 is 0 Å². The minimum atomic E-state index is -0.807. The van der Waals surface area contributed by atoms with E-state index in [-0.39, 0.29) is 40.7 Å². The van der Waals surface area contributed by atoms with E-state index in [0.29, 0.717) is 17.0 Å². The molecule has 0 aliphatic heterocycles. The molecule has 1 aliphatic rings. The molecule has 10 heteroatoms. The van der Waals surface area contributed by atoms with E-state index in [9.17, 15) is 14.4 Å². The number of nitrogen functional groups attached to an aromatic ring is 1. The zero-order valence-electron chi connectivity index (χ0n) is 18.8. The van der Waals surface area contributed by atoms with Crippen LogP contribution in [0.1, 0.15) is 71.7 Å². The lowest BCUT2D eigenvalue weighted by atomic mass is 9.99.